The minimum Gasteiger partial charge on any atom is -0.490 e. The van der Waals surface area contributed by atoms with Gasteiger partial charge in [-0.05, 0) is 149 Å². The van der Waals surface area contributed by atoms with E-state index in [9.17, 15) is 4.79 Å². The van der Waals surface area contributed by atoms with E-state index >= 15 is 0 Å². The largest absolute Gasteiger partial charge is 0.490 e. The van der Waals surface area contributed by atoms with Crippen molar-refractivity contribution in [1.29, 1.82) is 0 Å². The number of rotatable bonds is 83. The molecule has 1 amide bonds. The molecule has 0 atom stereocenters. The molecule has 2 N–H and O–H groups in total. The first-order valence-electron chi connectivity index (χ1n) is 53.0. The van der Waals surface area contributed by atoms with E-state index in [1.807, 2.05) is 12.1 Å². The highest BCUT2D eigenvalue weighted by Gasteiger charge is 2.19. The number of hydrogen-bond donors (Lipinski definition) is 1. The molecule has 0 spiro atoms. The van der Waals surface area contributed by atoms with Crippen LogP contribution in [0.25, 0.3) is 60.8 Å². The molecule has 6 aromatic rings. The molecule has 704 valence electrons. The Hall–Kier alpha value is -7.71. The van der Waals surface area contributed by atoms with Gasteiger partial charge in [0.15, 0.2) is 23.0 Å². The molecule has 0 heterocycles. The maximum Gasteiger partial charge on any atom is 0.248 e. The van der Waals surface area contributed by atoms with Crippen LogP contribution in [-0.2, 0) is 0 Å². The van der Waals surface area contributed by atoms with Crippen LogP contribution >= 0.6 is 0 Å². The summed E-state index contributed by atoms with van der Waals surface area (Å²) in [6, 6.07) is 40.5. The van der Waals surface area contributed by atoms with Gasteiger partial charge in [-0.15, -0.1) is 0 Å². The summed E-state index contributed by atoms with van der Waals surface area (Å²) in [5.74, 6) is 4.26. The van der Waals surface area contributed by atoms with Crippen LogP contribution in [0.2, 0.25) is 0 Å². The Morgan fingerprint density at radius 2 is 0.331 bits per heavy atom. The lowest BCUT2D eigenvalue weighted by molar-refractivity contribution is 0.1000. The lowest BCUT2D eigenvalue weighted by Gasteiger charge is -2.18. The van der Waals surface area contributed by atoms with Gasteiger partial charge in [0.1, 0.15) is 0 Å². The molecule has 8 heteroatoms. The van der Waals surface area contributed by atoms with Gasteiger partial charge in [0.05, 0.1) is 39.6 Å². The maximum atomic E-state index is 12.0. The molecule has 0 aromatic heterocycles. The molecule has 0 aliphatic carbocycles. The monoisotopic (exact) mass is 1740 g/mol. The Morgan fingerprint density at radius 1 is 0.189 bits per heavy atom. The molecule has 0 saturated heterocycles. The number of unbranched alkanes of at least 4 members (excludes halogenated alkanes) is 54. The summed E-state index contributed by atoms with van der Waals surface area (Å²) in [6.07, 6.45) is 99.0. The lowest BCUT2D eigenvalue weighted by atomic mass is 10.0. The van der Waals surface area contributed by atoms with Gasteiger partial charge < -0.3 is 34.2 Å². The molecule has 0 fully saturated rings. The summed E-state index contributed by atoms with van der Waals surface area (Å²) in [5.41, 5.74) is 16.8. The van der Waals surface area contributed by atoms with E-state index < -0.39 is 5.91 Å². The molecule has 0 aliphatic rings. The number of carbonyl (C=O) groups excluding carboxylic acids is 1. The fourth-order valence-electron chi connectivity index (χ4n) is 16.9. The van der Waals surface area contributed by atoms with E-state index in [2.05, 4.69) is 193 Å². The minimum atomic E-state index is -0.433. The zero-order valence-electron chi connectivity index (χ0n) is 81.8. The summed E-state index contributed by atoms with van der Waals surface area (Å²) in [5, 5.41) is 0. The Labute approximate surface area is 778 Å². The molecular formula is C119H181NO7. The van der Waals surface area contributed by atoms with Crippen LogP contribution in [0.5, 0.6) is 34.5 Å². The van der Waals surface area contributed by atoms with Crippen molar-refractivity contribution in [3.8, 4) is 34.5 Å². The fourth-order valence-corrected chi connectivity index (χ4v) is 16.9. The van der Waals surface area contributed by atoms with Crippen molar-refractivity contribution in [2.75, 3.05) is 39.6 Å². The number of nitrogens with two attached hydrogens (primary N) is 1. The van der Waals surface area contributed by atoms with Gasteiger partial charge in [0, 0.05) is 5.56 Å². The third-order valence-electron chi connectivity index (χ3n) is 25.0. The standard InChI is InChI=1S/C119H181NO7/c1-7-13-19-25-31-37-43-49-55-61-89-122-113-98-110(99-114(123-90-62-56-50-44-38-32-26-20-14-8-2)117(113)126-93-65-59-53-47-41-35-29-23-17-11-5)83-78-104-71-67-102(68-72-104)75-80-107-95-108(97-109(96-107)82-77-106-85-87-112(88-86-106)119(120)121)81-76-103-69-73-105(74-70-103)79-84-111-100-115(124-91-63-57-51-45-39-33-27-21-15-9-3)118(127-94-66-60-54-48-42-36-30-24-18-12-6)116(101-111)125-92-64-58-52-46-40-34-28-22-16-10-4/h67-88,95-101H,7-66,89-94H2,1-6H3,(H2,120,121)/b80-75+,81-76+,82-77+,83-78+,84-79+. The number of ether oxygens (including phenoxy) is 6. The first kappa shape index (κ1) is 108. The molecule has 8 nitrogen and oxygen atoms in total. The van der Waals surface area contributed by atoms with Gasteiger partial charge in [-0.3, -0.25) is 4.79 Å². The van der Waals surface area contributed by atoms with E-state index in [1.54, 1.807) is 12.1 Å². The molecule has 6 aromatic carbocycles. The van der Waals surface area contributed by atoms with Crippen LogP contribution in [0.15, 0.2) is 115 Å². The number of hydrogen-bond acceptors (Lipinski definition) is 7. The van der Waals surface area contributed by atoms with E-state index in [0.717, 1.165) is 129 Å². The zero-order chi connectivity index (χ0) is 89.8. The van der Waals surface area contributed by atoms with Crippen LogP contribution in [0, 0.1) is 0 Å². The third kappa shape index (κ3) is 53.3. The van der Waals surface area contributed by atoms with Crippen molar-refractivity contribution in [3.05, 3.63) is 176 Å². The summed E-state index contributed by atoms with van der Waals surface area (Å²) in [6.45, 7) is 17.7. The first-order valence-corrected chi connectivity index (χ1v) is 53.0. The third-order valence-corrected chi connectivity index (χ3v) is 25.0. The predicted octanol–water partition coefficient (Wildman–Crippen LogP) is 37.4. The molecule has 127 heavy (non-hydrogen) atoms. The highest BCUT2D eigenvalue weighted by molar-refractivity contribution is 5.93. The van der Waals surface area contributed by atoms with Crippen LogP contribution < -0.4 is 34.2 Å². The Morgan fingerprint density at radius 3 is 0.504 bits per heavy atom. The lowest BCUT2D eigenvalue weighted by Crippen LogP contribution is -2.10. The predicted molar refractivity (Wildman–Crippen MR) is 556 cm³/mol. The SMILES string of the molecule is CCCCCCCCCCCCOc1cc(/C=C/c2ccc(/C=C/c3cc(/C=C/c4ccc(/C=C/c5cc(OCCCCCCCCCCCC)c(OCCCCCCCCCCCC)c(OCCCCCCCCCCCC)c5)cc4)cc(/C=C/c4ccc(C(N)=O)cc4)c3)cc2)cc(OCCCCCCCCCCCC)c1OCCCCCCCCCCCC. The summed E-state index contributed by atoms with van der Waals surface area (Å²) >= 11 is 0. The Kier molecular flexibility index (Phi) is 63.8. The van der Waals surface area contributed by atoms with E-state index in [4.69, 9.17) is 34.2 Å². The Balaban J connectivity index is 1.21. The smallest absolute Gasteiger partial charge is 0.248 e. The fraction of sp³-hybridized carbons (Fsp3) is 0.605. The van der Waals surface area contributed by atoms with Crippen molar-refractivity contribution in [3.63, 3.8) is 0 Å². The summed E-state index contributed by atoms with van der Waals surface area (Å²) < 4.78 is 40.7. The summed E-state index contributed by atoms with van der Waals surface area (Å²) in [4.78, 5) is 12.0. The Bertz CT molecular complexity index is 3520. The van der Waals surface area contributed by atoms with Gasteiger partial charge in [-0.1, -0.05) is 510 Å². The van der Waals surface area contributed by atoms with E-state index in [-0.39, 0.29) is 0 Å². The molecule has 0 unspecified atom stereocenters. The molecular weight excluding hydrogens is 1560 g/mol. The van der Waals surface area contributed by atoms with Crippen molar-refractivity contribution in [2.45, 2.75) is 427 Å². The molecule has 0 bridgehead atoms. The van der Waals surface area contributed by atoms with Crippen LogP contribution in [-0.4, -0.2) is 45.5 Å². The molecule has 0 radical (unpaired) electrons. The van der Waals surface area contributed by atoms with E-state index in [1.165, 1.54) is 347 Å². The number of amides is 1. The molecule has 0 aliphatic heterocycles. The van der Waals surface area contributed by atoms with Crippen LogP contribution in [0.4, 0.5) is 0 Å². The quantitative estimate of drug-likeness (QED) is 0.0300. The molecule has 0 saturated carbocycles. The van der Waals surface area contributed by atoms with Crippen molar-refractivity contribution >= 4 is 66.7 Å². The average Bonchev–Trinajstić information content (AvgIpc) is 0.819. The van der Waals surface area contributed by atoms with Gasteiger partial charge in [-0.25, -0.2) is 0 Å². The van der Waals surface area contributed by atoms with Crippen molar-refractivity contribution < 1.29 is 33.2 Å². The van der Waals surface area contributed by atoms with E-state index in [0.29, 0.717) is 45.2 Å². The molecule has 6 rings (SSSR count). The van der Waals surface area contributed by atoms with Gasteiger partial charge >= 0.3 is 0 Å². The minimum absolute atomic E-state index is 0.433. The van der Waals surface area contributed by atoms with Crippen molar-refractivity contribution in [1.82, 2.24) is 0 Å². The van der Waals surface area contributed by atoms with Gasteiger partial charge in [0.2, 0.25) is 17.4 Å². The number of benzene rings is 6. The van der Waals surface area contributed by atoms with Gasteiger partial charge in [0.25, 0.3) is 0 Å². The topological polar surface area (TPSA) is 98.5 Å². The second kappa shape index (κ2) is 75.0. The highest BCUT2D eigenvalue weighted by atomic mass is 16.5. The average molecular weight is 1740 g/mol. The normalized spacial score (nSPS) is 11.8. The summed E-state index contributed by atoms with van der Waals surface area (Å²) in [7, 11) is 0. The van der Waals surface area contributed by atoms with Gasteiger partial charge in [-0.2, -0.15) is 0 Å². The number of carbonyl (C=O) groups is 1. The van der Waals surface area contributed by atoms with Crippen molar-refractivity contribution in [2.24, 2.45) is 5.73 Å². The second-order valence-electron chi connectivity index (χ2n) is 36.8. The highest BCUT2D eigenvalue weighted by Crippen LogP contribution is 2.42. The zero-order valence-corrected chi connectivity index (χ0v) is 81.8. The maximum absolute atomic E-state index is 12.0. The van der Waals surface area contributed by atoms with Crippen LogP contribution in [0.3, 0.4) is 0 Å². The second-order valence-corrected chi connectivity index (χ2v) is 36.8. The first-order chi connectivity index (χ1) is 62.7. The van der Waals surface area contributed by atoms with Crippen LogP contribution in [0.1, 0.15) is 493 Å². The number of primary amides is 1.